The molecule has 0 aliphatic heterocycles. The summed E-state index contributed by atoms with van der Waals surface area (Å²) in [6.45, 7) is 1.19. The SMILES string of the molecule is NCCN.O=NO.[Br-].[Br-].[Br-].[Pt+4]. The topological polar surface area (TPSA) is 102 Å². The minimum absolute atomic E-state index is 0. The van der Waals surface area contributed by atoms with Gasteiger partial charge < -0.3 is 67.6 Å². The Kier molecular flexibility index (Phi) is 225. The van der Waals surface area contributed by atoms with E-state index in [0.717, 1.165) is 0 Å². The predicted octanol–water partition coefficient (Wildman–Crippen LogP) is -9.94. The van der Waals surface area contributed by atoms with Gasteiger partial charge in [0, 0.05) is 13.1 Å². The van der Waals surface area contributed by atoms with E-state index in [1.807, 2.05) is 0 Å². The summed E-state index contributed by atoms with van der Waals surface area (Å²) >= 11 is 0. The van der Waals surface area contributed by atoms with E-state index in [1.54, 1.807) is 0 Å². The van der Waals surface area contributed by atoms with Crippen molar-refractivity contribution in [3.05, 3.63) is 4.91 Å². The summed E-state index contributed by atoms with van der Waals surface area (Å²) in [5, 5.41) is 7.89. The average molecular weight is 542 g/mol. The van der Waals surface area contributed by atoms with Crippen LogP contribution < -0.4 is 62.4 Å². The van der Waals surface area contributed by atoms with Crippen LogP contribution in [0.3, 0.4) is 0 Å². The second-order valence-corrected chi connectivity index (χ2v) is 0.659. The summed E-state index contributed by atoms with van der Waals surface area (Å²) in [5.41, 5.74) is 9.81. The van der Waals surface area contributed by atoms with Gasteiger partial charge >= 0.3 is 21.1 Å². The average Bonchev–Trinajstić information content (AvgIpc) is 1.69. The molecule has 0 saturated carbocycles. The fourth-order valence-corrected chi connectivity index (χ4v) is 0. The molecule has 5 nitrogen and oxygen atoms in total. The van der Waals surface area contributed by atoms with Gasteiger partial charge in [-0.1, -0.05) is 0 Å². The zero-order valence-electron chi connectivity index (χ0n) is 5.32. The fraction of sp³-hybridized carbons (Fsp3) is 1.00. The van der Waals surface area contributed by atoms with Crippen molar-refractivity contribution in [1.29, 1.82) is 0 Å². The Labute approximate surface area is 111 Å². The van der Waals surface area contributed by atoms with Crippen molar-refractivity contribution in [3.63, 3.8) is 0 Å². The van der Waals surface area contributed by atoms with Gasteiger partial charge in [-0.25, -0.2) is 0 Å². The van der Waals surface area contributed by atoms with E-state index in [1.165, 1.54) is 5.34 Å². The Morgan fingerprint density at radius 2 is 1.18 bits per heavy atom. The van der Waals surface area contributed by atoms with E-state index in [0.29, 0.717) is 13.1 Å². The van der Waals surface area contributed by atoms with Gasteiger partial charge in [-0.2, -0.15) is 0 Å². The molecule has 0 unspecified atom stereocenters. The van der Waals surface area contributed by atoms with Crippen LogP contribution in [-0.2, 0) is 21.1 Å². The van der Waals surface area contributed by atoms with Crippen LogP contribution in [0.15, 0.2) is 5.34 Å². The first-order chi connectivity index (χ1) is 3.33. The zero-order chi connectivity index (χ0) is 6.12. The molecule has 0 spiro atoms. The van der Waals surface area contributed by atoms with Gasteiger partial charge in [-0.15, -0.1) is 4.91 Å². The number of nitrogens with two attached hydrogens (primary N) is 2. The summed E-state index contributed by atoms with van der Waals surface area (Å²) in [6.07, 6.45) is 0. The molecule has 0 amide bonds. The Bertz CT molecular complexity index is 43.8. The molecule has 0 aliphatic rings. The Balaban J connectivity index is -0.00000000848. The summed E-state index contributed by atoms with van der Waals surface area (Å²) in [5.74, 6) is 0. The molecule has 0 atom stereocenters. The third-order valence-electron chi connectivity index (χ3n) is 0.167. The molecule has 11 heavy (non-hydrogen) atoms. The van der Waals surface area contributed by atoms with Gasteiger partial charge in [0.15, 0.2) is 5.34 Å². The zero-order valence-corrected chi connectivity index (χ0v) is 12.4. The van der Waals surface area contributed by atoms with Crippen molar-refractivity contribution < 1.29 is 77.2 Å². The molecule has 0 fully saturated rings. The quantitative estimate of drug-likeness (QED) is 0.227. The number of hydrogen-bond donors (Lipinski definition) is 3. The molecule has 0 aliphatic carbocycles. The van der Waals surface area contributed by atoms with Gasteiger partial charge in [0.25, 0.3) is 0 Å². The van der Waals surface area contributed by atoms with E-state index in [2.05, 4.69) is 0 Å². The van der Waals surface area contributed by atoms with Crippen molar-refractivity contribution in [2.75, 3.05) is 13.1 Å². The van der Waals surface area contributed by atoms with Crippen molar-refractivity contribution in [3.8, 4) is 0 Å². The van der Waals surface area contributed by atoms with Gasteiger partial charge in [0.05, 0.1) is 0 Å². The minimum Gasteiger partial charge on any atom is -1.00 e. The Morgan fingerprint density at radius 3 is 1.18 bits per heavy atom. The number of rotatable bonds is 1. The van der Waals surface area contributed by atoms with Crippen molar-refractivity contribution >= 4 is 0 Å². The maximum atomic E-state index is 8.11. The van der Waals surface area contributed by atoms with E-state index < -0.39 is 0 Å². The maximum Gasteiger partial charge on any atom is 4.00 e. The Hall–Kier alpha value is 1.45. The fourth-order valence-electron chi connectivity index (χ4n) is 0. The summed E-state index contributed by atoms with van der Waals surface area (Å²) < 4.78 is 0. The van der Waals surface area contributed by atoms with Gasteiger partial charge in [-0.05, 0) is 0 Å². The first-order valence-electron chi connectivity index (χ1n) is 1.70. The third-order valence-corrected chi connectivity index (χ3v) is 0.167. The largest absolute Gasteiger partial charge is 4.00 e. The van der Waals surface area contributed by atoms with Crippen LogP contribution in [-0.4, -0.2) is 18.3 Å². The maximum absolute atomic E-state index is 8.11. The van der Waals surface area contributed by atoms with E-state index >= 15 is 0 Å². The van der Waals surface area contributed by atoms with Crippen molar-refractivity contribution in [2.24, 2.45) is 16.8 Å². The molecular formula is C2H9Br3N3O2Pt+. The van der Waals surface area contributed by atoms with Gasteiger partial charge in [0.1, 0.15) is 0 Å². The monoisotopic (exact) mass is 539 g/mol. The molecule has 0 aromatic rings. The Morgan fingerprint density at radius 1 is 1.09 bits per heavy atom. The van der Waals surface area contributed by atoms with Crippen molar-refractivity contribution in [1.82, 2.24) is 0 Å². The van der Waals surface area contributed by atoms with Crippen LogP contribution in [0.2, 0.25) is 0 Å². The molecule has 74 valence electrons. The summed E-state index contributed by atoms with van der Waals surface area (Å²) in [4.78, 5) is 8.11. The second kappa shape index (κ2) is 63.2. The van der Waals surface area contributed by atoms with Crippen LogP contribution in [0.4, 0.5) is 0 Å². The third kappa shape index (κ3) is 170. The molecular weight excluding hydrogens is 533 g/mol. The van der Waals surface area contributed by atoms with Gasteiger partial charge in [0.2, 0.25) is 0 Å². The number of nitrogens with zero attached hydrogens (tertiary/aromatic N) is 1. The standard InChI is InChI=1S/C2H8N2.3BrH.HNO2.Pt/c3-1-2-4;;;;2-1-3;/h1-4H2;3*1H;(H,2,3);/q;;;;;+4/p-3. The molecule has 0 heterocycles. The van der Waals surface area contributed by atoms with Crippen LogP contribution >= 0.6 is 0 Å². The summed E-state index contributed by atoms with van der Waals surface area (Å²) in [7, 11) is 0. The second-order valence-electron chi connectivity index (χ2n) is 0.659. The summed E-state index contributed by atoms with van der Waals surface area (Å²) in [6, 6.07) is 0. The minimum atomic E-state index is 0. The van der Waals surface area contributed by atoms with Crippen LogP contribution in [0.25, 0.3) is 0 Å². The molecule has 0 radical (unpaired) electrons. The molecule has 0 aromatic carbocycles. The normalized spacial score (nSPS) is 3.82. The van der Waals surface area contributed by atoms with Crippen molar-refractivity contribution in [2.45, 2.75) is 0 Å². The predicted molar refractivity (Wildman–Crippen MR) is 25.7 cm³/mol. The van der Waals surface area contributed by atoms with Crippen LogP contribution in [0.5, 0.6) is 0 Å². The molecule has 9 heteroatoms. The molecule has 0 rings (SSSR count). The molecule has 0 bridgehead atoms. The van der Waals surface area contributed by atoms with Crippen LogP contribution in [0.1, 0.15) is 0 Å². The van der Waals surface area contributed by atoms with Gasteiger partial charge in [-0.3, -0.25) is 0 Å². The molecule has 0 aromatic heterocycles. The van der Waals surface area contributed by atoms with E-state index in [9.17, 15) is 0 Å². The first-order valence-corrected chi connectivity index (χ1v) is 1.70. The number of hydrogen-bond acceptors (Lipinski definition) is 4. The van der Waals surface area contributed by atoms with E-state index in [-0.39, 0.29) is 72.0 Å². The van der Waals surface area contributed by atoms with E-state index in [4.69, 9.17) is 21.6 Å². The molecule has 0 saturated heterocycles. The first kappa shape index (κ1) is 39.2. The van der Waals surface area contributed by atoms with Crippen LogP contribution in [0, 0.1) is 4.91 Å². The molecule has 5 N–H and O–H groups in total. The smallest absolute Gasteiger partial charge is 1.00 e. The number of halogens is 3.